The van der Waals surface area contributed by atoms with Crippen LogP contribution in [0.1, 0.15) is 43.7 Å². The number of carbonyl (C=O) groups is 1. The number of methoxy groups -OCH3 is 2. The third-order valence-corrected chi connectivity index (χ3v) is 3.33. The van der Waals surface area contributed by atoms with Gasteiger partial charge in [-0.3, -0.25) is 0 Å². The summed E-state index contributed by atoms with van der Waals surface area (Å²) in [5.74, 6) is 0.407. The third-order valence-electron chi connectivity index (χ3n) is 3.33. The van der Waals surface area contributed by atoms with E-state index in [9.17, 15) is 10.1 Å². The second-order valence-electron chi connectivity index (χ2n) is 4.94. The number of hydrogen-bond donors (Lipinski definition) is 0. The van der Waals surface area contributed by atoms with Gasteiger partial charge in [0, 0.05) is 6.08 Å². The van der Waals surface area contributed by atoms with Crippen molar-refractivity contribution in [2.45, 2.75) is 32.6 Å². The Bertz CT molecular complexity index is 587. The number of nitrogens with zero attached hydrogens (tertiary/aromatic N) is 1. The number of benzene rings is 1. The lowest BCUT2D eigenvalue weighted by atomic mass is 10.1. The molecule has 0 spiro atoms. The number of carbonyl (C=O) groups excluding carboxylic acids is 1. The molecule has 5 nitrogen and oxygen atoms in total. The summed E-state index contributed by atoms with van der Waals surface area (Å²) in [6.07, 6.45) is 7.08. The lowest BCUT2D eigenvalue weighted by Gasteiger charge is -2.10. The van der Waals surface area contributed by atoms with Crippen LogP contribution in [0, 0.1) is 11.3 Å². The lowest BCUT2D eigenvalue weighted by Crippen LogP contribution is -2.02. The molecule has 0 N–H and O–H groups in total. The van der Waals surface area contributed by atoms with Crippen LogP contribution < -0.4 is 9.47 Å². The Balaban J connectivity index is 2.73. The number of hydrogen-bond acceptors (Lipinski definition) is 5. The van der Waals surface area contributed by atoms with Crippen molar-refractivity contribution < 1.29 is 19.0 Å². The average molecular weight is 317 g/mol. The Hall–Kier alpha value is -2.48. The molecule has 0 radical (unpaired) electrons. The molecule has 0 atom stereocenters. The maximum atomic E-state index is 11.7. The molecule has 5 heteroatoms. The van der Waals surface area contributed by atoms with Gasteiger partial charge in [-0.2, -0.15) is 5.26 Å². The van der Waals surface area contributed by atoms with Crippen molar-refractivity contribution in [3.05, 3.63) is 29.3 Å². The van der Waals surface area contributed by atoms with Crippen molar-refractivity contribution in [3.63, 3.8) is 0 Å². The minimum absolute atomic E-state index is 0.318. The standard InChI is InChI=1S/C18H23NO4/c1-4-5-6-7-12-23-17(20)11-9-14-8-10-16(21-2)18(22-3)15(14)13-19/h8-11H,4-7,12H2,1-3H3/b11-9+. The van der Waals surface area contributed by atoms with Gasteiger partial charge in [0.2, 0.25) is 0 Å². The van der Waals surface area contributed by atoms with E-state index in [-0.39, 0.29) is 0 Å². The molecule has 0 fully saturated rings. The summed E-state index contributed by atoms with van der Waals surface area (Å²) in [6, 6.07) is 5.46. The Kier molecular flexibility index (Phi) is 8.30. The number of rotatable bonds is 9. The molecule has 0 aliphatic rings. The molecule has 1 aromatic carbocycles. The van der Waals surface area contributed by atoms with E-state index in [2.05, 4.69) is 13.0 Å². The van der Waals surface area contributed by atoms with Crippen molar-refractivity contribution in [3.8, 4) is 17.6 Å². The van der Waals surface area contributed by atoms with Crippen molar-refractivity contribution in [2.75, 3.05) is 20.8 Å². The van der Waals surface area contributed by atoms with E-state index in [1.54, 1.807) is 18.2 Å². The molecule has 0 aliphatic carbocycles. The van der Waals surface area contributed by atoms with Gasteiger partial charge in [0.05, 0.1) is 20.8 Å². The predicted octanol–water partition coefficient (Wildman–Crippen LogP) is 3.71. The van der Waals surface area contributed by atoms with E-state index < -0.39 is 5.97 Å². The monoisotopic (exact) mass is 317 g/mol. The smallest absolute Gasteiger partial charge is 0.330 e. The summed E-state index contributed by atoms with van der Waals surface area (Å²) >= 11 is 0. The minimum atomic E-state index is -0.417. The van der Waals surface area contributed by atoms with Gasteiger partial charge >= 0.3 is 5.97 Å². The Morgan fingerprint density at radius 3 is 2.61 bits per heavy atom. The zero-order valence-corrected chi connectivity index (χ0v) is 13.9. The summed E-state index contributed by atoms with van der Waals surface area (Å²) in [7, 11) is 2.97. The first-order chi connectivity index (χ1) is 11.2. The summed E-state index contributed by atoms with van der Waals surface area (Å²) in [6.45, 7) is 2.55. The fourth-order valence-electron chi connectivity index (χ4n) is 2.10. The van der Waals surface area contributed by atoms with Crippen molar-refractivity contribution in [1.82, 2.24) is 0 Å². The predicted molar refractivity (Wildman–Crippen MR) is 88.4 cm³/mol. The lowest BCUT2D eigenvalue weighted by molar-refractivity contribution is -0.137. The van der Waals surface area contributed by atoms with Crippen LogP contribution in [-0.2, 0) is 9.53 Å². The van der Waals surface area contributed by atoms with Gasteiger partial charge in [0.15, 0.2) is 11.5 Å². The molecule has 124 valence electrons. The second kappa shape index (κ2) is 10.3. The summed E-state index contributed by atoms with van der Waals surface area (Å²) in [5, 5.41) is 9.30. The molecular formula is C18H23NO4. The molecule has 0 heterocycles. The van der Waals surface area contributed by atoms with Crippen molar-refractivity contribution in [2.24, 2.45) is 0 Å². The van der Waals surface area contributed by atoms with Crippen LogP contribution in [0.25, 0.3) is 6.08 Å². The number of unbranched alkanes of at least 4 members (excludes halogenated alkanes) is 3. The molecule has 0 aliphatic heterocycles. The Morgan fingerprint density at radius 1 is 1.22 bits per heavy atom. The summed E-state index contributed by atoms with van der Waals surface area (Å²) in [5.41, 5.74) is 0.895. The first-order valence-corrected chi connectivity index (χ1v) is 7.67. The molecular weight excluding hydrogens is 294 g/mol. The van der Waals surface area contributed by atoms with Crippen LogP contribution in [0.4, 0.5) is 0 Å². The van der Waals surface area contributed by atoms with Crippen LogP contribution in [0.3, 0.4) is 0 Å². The molecule has 0 unspecified atom stereocenters. The molecule has 0 aromatic heterocycles. The van der Waals surface area contributed by atoms with Gasteiger partial charge in [0.1, 0.15) is 11.6 Å². The van der Waals surface area contributed by atoms with Gasteiger partial charge in [-0.05, 0) is 30.2 Å². The molecule has 0 bridgehead atoms. The van der Waals surface area contributed by atoms with Gasteiger partial charge in [-0.25, -0.2) is 4.79 Å². The maximum Gasteiger partial charge on any atom is 0.330 e. The van der Waals surface area contributed by atoms with Crippen LogP contribution >= 0.6 is 0 Å². The normalized spacial score (nSPS) is 10.3. The molecule has 1 aromatic rings. The number of ether oxygens (including phenoxy) is 3. The van der Waals surface area contributed by atoms with Crippen LogP contribution in [-0.4, -0.2) is 26.8 Å². The molecule has 23 heavy (non-hydrogen) atoms. The zero-order chi connectivity index (χ0) is 17.1. The van der Waals surface area contributed by atoms with Gasteiger partial charge in [-0.15, -0.1) is 0 Å². The SMILES string of the molecule is CCCCCCOC(=O)/C=C/c1ccc(OC)c(OC)c1C#N. The highest BCUT2D eigenvalue weighted by Crippen LogP contribution is 2.33. The largest absolute Gasteiger partial charge is 0.493 e. The fourth-order valence-corrected chi connectivity index (χ4v) is 2.10. The highest BCUT2D eigenvalue weighted by Gasteiger charge is 2.13. The van der Waals surface area contributed by atoms with E-state index in [1.807, 2.05) is 0 Å². The summed E-state index contributed by atoms with van der Waals surface area (Å²) < 4.78 is 15.5. The first kappa shape index (κ1) is 18.6. The molecule has 1 rings (SSSR count). The summed E-state index contributed by atoms with van der Waals surface area (Å²) in [4.78, 5) is 11.7. The van der Waals surface area contributed by atoms with Gasteiger partial charge in [-0.1, -0.05) is 26.2 Å². The van der Waals surface area contributed by atoms with E-state index in [1.165, 1.54) is 20.3 Å². The van der Waals surface area contributed by atoms with Crippen LogP contribution in [0.15, 0.2) is 18.2 Å². The van der Waals surface area contributed by atoms with E-state index >= 15 is 0 Å². The first-order valence-electron chi connectivity index (χ1n) is 7.67. The fraction of sp³-hybridized carbons (Fsp3) is 0.444. The third kappa shape index (κ3) is 5.67. The quantitative estimate of drug-likeness (QED) is 0.394. The van der Waals surface area contributed by atoms with Crippen LogP contribution in [0.2, 0.25) is 0 Å². The second-order valence-corrected chi connectivity index (χ2v) is 4.94. The van der Waals surface area contributed by atoms with Crippen LogP contribution in [0.5, 0.6) is 11.5 Å². The van der Waals surface area contributed by atoms with Crippen molar-refractivity contribution >= 4 is 12.0 Å². The highest BCUT2D eigenvalue weighted by atomic mass is 16.5. The Labute approximate surface area is 137 Å². The number of nitriles is 1. The average Bonchev–Trinajstić information content (AvgIpc) is 2.58. The topological polar surface area (TPSA) is 68.6 Å². The maximum absolute atomic E-state index is 11.7. The zero-order valence-electron chi connectivity index (χ0n) is 13.9. The number of esters is 1. The van der Waals surface area contributed by atoms with E-state index in [0.717, 1.165) is 25.7 Å². The Morgan fingerprint density at radius 2 is 2.00 bits per heavy atom. The van der Waals surface area contributed by atoms with Gasteiger partial charge < -0.3 is 14.2 Å². The van der Waals surface area contributed by atoms with E-state index in [0.29, 0.717) is 29.2 Å². The minimum Gasteiger partial charge on any atom is -0.493 e. The van der Waals surface area contributed by atoms with E-state index in [4.69, 9.17) is 14.2 Å². The molecule has 0 amide bonds. The molecule has 0 saturated heterocycles. The highest BCUT2D eigenvalue weighted by molar-refractivity contribution is 5.88. The van der Waals surface area contributed by atoms with Gasteiger partial charge in [0.25, 0.3) is 0 Å². The molecule has 0 saturated carbocycles. The van der Waals surface area contributed by atoms with Crippen molar-refractivity contribution in [1.29, 1.82) is 5.26 Å².